The fourth-order valence-corrected chi connectivity index (χ4v) is 3.73. The predicted molar refractivity (Wildman–Crippen MR) is 122 cm³/mol. The van der Waals surface area contributed by atoms with Crippen LogP contribution in [0.4, 0.5) is 5.95 Å². The molecule has 1 aliphatic heterocycles. The van der Waals surface area contributed by atoms with Gasteiger partial charge in [-0.05, 0) is 41.1 Å². The molecule has 0 saturated carbocycles. The number of fused-ring (bicyclic) bond motifs is 1. The Bertz CT molecular complexity index is 1220. The molecule has 4 rings (SSSR count). The molecule has 2 aromatic carbocycles. The molecule has 0 aliphatic carbocycles. The number of nitrogens with one attached hydrogen (secondary N) is 1. The molecule has 1 N–H and O–H groups in total. The Balaban J connectivity index is 1.68. The van der Waals surface area contributed by atoms with Gasteiger partial charge in [-0.2, -0.15) is 4.68 Å². The maximum Gasteiger partial charge on any atom is 0.338 e. The van der Waals surface area contributed by atoms with Crippen molar-refractivity contribution < 1.29 is 19.0 Å². The lowest BCUT2D eigenvalue weighted by Gasteiger charge is -2.27. The second kappa shape index (κ2) is 9.74. The number of hydrogen-bond donors (Lipinski definition) is 1. The van der Waals surface area contributed by atoms with Gasteiger partial charge in [0.15, 0.2) is 11.5 Å². The maximum atomic E-state index is 12.9. The molecule has 0 amide bonds. The number of rotatable bonds is 8. The van der Waals surface area contributed by atoms with Gasteiger partial charge in [-0.25, -0.2) is 4.79 Å². The van der Waals surface area contributed by atoms with Crippen molar-refractivity contribution in [1.82, 2.24) is 20.2 Å². The molecule has 170 valence electrons. The van der Waals surface area contributed by atoms with Crippen LogP contribution in [0.1, 0.15) is 24.1 Å². The van der Waals surface area contributed by atoms with E-state index in [0.29, 0.717) is 33.7 Å². The normalized spacial score (nSPS) is 14.8. The van der Waals surface area contributed by atoms with Gasteiger partial charge in [-0.1, -0.05) is 53.6 Å². The predicted octanol–water partition coefficient (Wildman–Crippen LogP) is 3.93. The van der Waals surface area contributed by atoms with Crippen molar-refractivity contribution in [3.8, 4) is 11.5 Å². The Morgan fingerprint density at radius 2 is 2.09 bits per heavy atom. The summed E-state index contributed by atoms with van der Waals surface area (Å²) in [7, 11) is 1.55. The topological polar surface area (TPSA) is 100 Å². The highest BCUT2D eigenvalue weighted by molar-refractivity contribution is 6.31. The molecule has 2 heterocycles. The van der Waals surface area contributed by atoms with Crippen LogP contribution in [-0.4, -0.2) is 39.9 Å². The summed E-state index contributed by atoms with van der Waals surface area (Å²) in [5, 5.41) is 15.5. The summed E-state index contributed by atoms with van der Waals surface area (Å²) in [6.07, 6.45) is 1.51. The number of esters is 1. The van der Waals surface area contributed by atoms with Crippen LogP contribution in [0, 0.1) is 0 Å². The second-order valence-electron chi connectivity index (χ2n) is 7.19. The third kappa shape index (κ3) is 4.54. The minimum Gasteiger partial charge on any atom is -0.493 e. The van der Waals surface area contributed by atoms with Crippen LogP contribution in [-0.2, 0) is 16.1 Å². The lowest BCUT2D eigenvalue weighted by atomic mass is 9.95. The molecule has 10 heteroatoms. The fourth-order valence-electron chi connectivity index (χ4n) is 3.54. The molecule has 0 radical (unpaired) electrons. The Kier molecular flexibility index (Phi) is 6.60. The monoisotopic (exact) mass is 467 g/mol. The van der Waals surface area contributed by atoms with Crippen LogP contribution in [0.2, 0.25) is 5.02 Å². The lowest BCUT2D eigenvalue weighted by Crippen LogP contribution is -2.29. The minimum absolute atomic E-state index is 0.0863. The van der Waals surface area contributed by atoms with Crippen molar-refractivity contribution >= 4 is 23.5 Å². The van der Waals surface area contributed by atoms with Crippen LogP contribution in [0.15, 0.2) is 66.4 Å². The highest BCUT2D eigenvalue weighted by Crippen LogP contribution is 2.39. The summed E-state index contributed by atoms with van der Waals surface area (Å²) in [4.78, 5) is 12.9. The zero-order chi connectivity index (χ0) is 23.4. The van der Waals surface area contributed by atoms with Gasteiger partial charge in [0.05, 0.1) is 12.7 Å². The minimum atomic E-state index is -0.625. The van der Waals surface area contributed by atoms with Gasteiger partial charge in [0.1, 0.15) is 19.3 Å². The number of tetrazole rings is 1. The number of anilines is 1. The van der Waals surface area contributed by atoms with E-state index in [9.17, 15) is 4.79 Å². The van der Waals surface area contributed by atoms with E-state index >= 15 is 0 Å². The Morgan fingerprint density at radius 1 is 1.27 bits per heavy atom. The van der Waals surface area contributed by atoms with Crippen molar-refractivity contribution in [1.29, 1.82) is 0 Å². The van der Waals surface area contributed by atoms with Crippen LogP contribution in [0.3, 0.4) is 0 Å². The first kappa shape index (κ1) is 22.3. The summed E-state index contributed by atoms with van der Waals surface area (Å²) in [6.45, 7) is 5.73. The molecule has 0 saturated heterocycles. The van der Waals surface area contributed by atoms with Crippen molar-refractivity contribution in [2.24, 2.45) is 0 Å². The smallest absolute Gasteiger partial charge is 0.338 e. The van der Waals surface area contributed by atoms with E-state index in [1.54, 1.807) is 26.2 Å². The molecule has 0 bridgehead atoms. The zero-order valence-corrected chi connectivity index (χ0v) is 18.9. The van der Waals surface area contributed by atoms with Crippen molar-refractivity contribution in [2.75, 3.05) is 19.0 Å². The van der Waals surface area contributed by atoms with Crippen molar-refractivity contribution in [2.45, 2.75) is 19.6 Å². The number of methoxy groups -OCH3 is 1. The summed E-state index contributed by atoms with van der Waals surface area (Å²) < 4.78 is 18.4. The van der Waals surface area contributed by atoms with Crippen molar-refractivity contribution in [3.63, 3.8) is 0 Å². The third-order valence-electron chi connectivity index (χ3n) is 5.11. The second-order valence-corrected chi connectivity index (χ2v) is 7.60. The van der Waals surface area contributed by atoms with E-state index in [1.807, 2.05) is 30.3 Å². The van der Waals surface area contributed by atoms with E-state index in [0.717, 1.165) is 11.1 Å². The average molecular weight is 468 g/mol. The molecule has 9 nitrogen and oxygen atoms in total. The van der Waals surface area contributed by atoms with Gasteiger partial charge in [0, 0.05) is 16.3 Å². The molecular formula is C23H22ClN5O4. The van der Waals surface area contributed by atoms with Gasteiger partial charge < -0.3 is 19.5 Å². The number of ether oxygens (including phenoxy) is 3. The highest BCUT2D eigenvalue weighted by Gasteiger charge is 2.35. The summed E-state index contributed by atoms with van der Waals surface area (Å²) in [6, 6.07) is 12.2. The van der Waals surface area contributed by atoms with Crippen molar-refractivity contribution in [3.05, 3.63) is 82.5 Å². The average Bonchev–Trinajstić information content (AvgIpc) is 3.29. The number of hydrogen-bond acceptors (Lipinski definition) is 8. The van der Waals surface area contributed by atoms with Gasteiger partial charge in [-0.15, -0.1) is 0 Å². The Labute approximate surface area is 195 Å². The largest absolute Gasteiger partial charge is 0.493 e. The fraction of sp³-hybridized carbons (Fsp3) is 0.217. The van der Waals surface area contributed by atoms with Crippen LogP contribution in [0.25, 0.3) is 0 Å². The summed E-state index contributed by atoms with van der Waals surface area (Å²) in [5.74, 6) is 0.938. The van der Waals surface area contributed by atoms with E-state index < -0.39 is 12.0 Å². The molecule has 0 spiro atoms. The number of halogens is 1. The number of carbonyl (C=O) groups is 1. The summed E-state index contributed by atoms with van der Waals surface area (Å²) in [5.41, 5.74) is 2.54. The molecule has 1 atom stereocenters. The third-order valence-corrected chi connectivity index (χ3v) is 5.48. The van der Waals surface area contributed by atoms with E-state index in [1.165, 1.54) is 10.8 Å². The molecule has 3 aromatic rings. The Morgan fingerprint density at radius 3 is 2.85 bits per heavy atom. The highest BCUT2D eigenvalue weighted by atomic mass is 35.5. The first-order chi connectivity index (χ1) is 16.0. The first-order valence-corrected chi connectivity index (χ1v) is 10.5. The number of aromatic nitrogens is 4. The number of benzene rings is 2. The van der Waals surface area contributed by atoms with Gasteiger partial charge in [0.25, 0.3) is 0 Å². The first-order valence-electron chi connectivity index (χ1n) is 10.1. The van der Waals surface area contributed by atoms with E-state index in [2.05, 4.69) is 27.4 Å². The molecule has 1 unspecified atom stereocenters. The number of carbonyl (C=O) groups excluding carboxylic acids is 1. The maximum absolute atomic E-state index is 12.9. The van der Waals surface area contributed by atoms with Crippen LogP contribution >= 0.6 is 11.6 Å². The quantitative estimate of drug-likeness (QED) is 0.393. The molecule has 0 fully saturated rings. The standard InChI is InChI=1S/C23H22ClN5O4/c1-4-11-32-22(30)20-14(2)25-23-26-27-28-29(23)21(20)15-9-10-18(19(12-15)31-3)33-13-16-7-5-6-8-17(16)24/h4-10,12,21H,1,11,13H2,2-3H3,(H,25,26,28). The number of nitrogens with zero attached hydrogens (tertiary/aromatic N) is 4. The Hall–Kier alpha value is -3.85. The summed E-state index contributed by atoms with van der Waals surface area (Å²) >= 11 is 6.23. The van der Waals surface area contributed by atoms with Crippen LogP contribution in [0.5, 0.6) is 11.5 Å². The molecule has 33 heavy (non-hydrogen) atoms. The van der Waals surface area contributed by atoms with E-state index in [-0.39, 0.29) is 13.2 Å². The van der Waals surface area contributed by atoms with Gasteiger partial charge in [-0.3, -0.25) is 0 Å². The zero-order valence-electron chi connectivity index (χ0n) is 18.1. The molecule has 1 aromatic heterocycles. The van der Waals surface area contributed by atoms with Gasteiger partial charge in [0.2, 0.25) is 5.95 Å². The SMILES string of the molecule is C=CCOC(=O)C1=C(C)Nc2nnnn2C1c1ccc(OCc2ccccc2Cl)c(OC)c1. The number of allylic oxidation sites excluding steroid dienone is 1. The van der Waals surface area contributed by atoms with Gasteiger partial charge >= 0.3 is 5.97 Å². The molecule has 1 aliphatic rings. The van der Waals surface area contributed by atoms with Crippen LogP contribution < -0.4 is 14.8 Å². The molecular weight excluding hydrogens is 446 g/mol. The van der Waals surface area contributed by atoms with E-state index in [4.69, 9.17) is 25.8 Å². The lowest BCUT2D eigenvalue weighted by molar-refractivity contribution is -0.138.